The van der Waals surface area contributed by atoms with Crippen LogP contribution in [0.2, 0.25) is 0 Å². The molecule has 0 saturated heterocycles. The summed E-state index contributed by atoms with van der Waals surface area (Å²) in [7, 11) is 0. The van der Waals surface area contributed by atoms with Gasteiger partial charge in [0.2, 0.25) is 0 Å². The van der Waals surface area contributed by atoms with Crippen LogP contribution in [-0.2, 0) is 0 Å². The van der Waals surface area contributed by atoms with Crippen molar-refractivity contribution in [3.8, 4) is 11.1 Å². The first kappa shape index (κ1) is 13.3. The molecule has 1 heterocycles. The summed E-state index contributed by atoms with van der Waals surface area (Å²) in [6.45, 7) is 1.92. The molecule has 0 unspecified atom stereocenters. The first-order chi connectivity index (χ1) is 10.2. The van der Waals surface area contributed by atoms with Gasteiger partial charge >= 0.3 is 0 Å². The molecule has 0 radical (unpaired) electrons. The number of anilines is 2. The molecule has 104 valence electrons. The molecule has 0 atom stereocenters. The van der Waals surface area contributed by atoms with Crippen LogP contribution in [0.25, 0.3) is 11.1 Å². The fourth-order valence-corrected chi connectivity index (χ4v) is 2.32. The lowest BCUT2D eigenvalue weighted by Gasteiger charge is -2.10. The van der Waals surface area contributed by atoms with Gasteiger partial charge in [-0.05, 0) is 60.0 Å². The molecule has 2 aromatic carbocycles. The van der Waals surface area contributed by atoms with E-state index in [1.54, 1.807) is 18.5 Å². The summed E-state index contributed by atoms with van der Waals surface area (Å²) in [6, 6.07) is 16.8. The van der Waals surface area contributed by atoms with Gasteiger partial charge in [-0.1, -0.05) is 18.2 Å². The number of hydrogen-bond donors (Lipinski definition) is 1. The highest BCUT2D eigenvalue weighted by Gasteiger charge is 2.04. The van der Waals surface area contributed by atoms with E-state index in [9.17, 15) is 4.39 Å². The van der Waals surface area contributed by atoms with Gasteiger partial charge < -0.3 is 5.32 Å². The van der Waals surface area contributed by atoms with E-state index in [4.69, 9.17) is 0 Å². The summed E-state index contributed by atoms with van der Waals surface area (Å²) in [5.74, 6) is -0.206. The van der Waals surface area contributed by atoms with Crippen LogP contribution in [-0.4, -0.2) is 4.98 Å². The molecule has 3 rings (SSSR count). The van der Waals surface area contributed by atoms with Crippen LogP contribution in [0.15, 0.2) is 67.0 Å². The Balaban J connectivity index is 1.93. The first-order valence-corrected chi connectivity index (χ1v) is 6.76. The molecule has 0 aliphatic heterocycles. The molecule has 1 N–H and O–H groups in total. The molecule has 0 aliphatic carbocycles. The van der Waals surface area contributed by atoms with Crippen LogP contribution in [0.1, 0.15) is 5.56 Å². The van der Waals surface area contributed by atoms with Gasteiger partial charge in [0, 0.05) is 23.8 Å². The van der Waals surface area contributed by atoms with Crippen molar-refractivity contribution in [3.05, 3.63) is 78.4 Å². The van der Waals surface area contributed by atoms with E-state index in [1.807, 2.05) is 43.3 Å². The number of aryl methyl sites for hydroxylation is 1. The van der Waals surface area contributed by atoms with Gasteiger partial charge in [0.05, 0.1) is 0 Å². The van der Waals surface area contributed by atoms with E-state index in [0.29, 0.717) is 0 Å². The summed E-state index contributed by atoms with van der Waals surface area (Å²) in [5, 5.41) is 3.33. The van der Waals surface area contributed by atoms with E-state index in [-0.39, 0.29) is 5.82 Å². The minimum absolute atomic E-state index is 0.206. The SMILES string of the molecule is Cc1cc(F)ccc1-c1cccc(Nc2ccncc2)c1. The maximum Gasteiger partial charge on any atom is 0.123 e. The zero-order valence-corrected chi connectivity index (χ0v) is 11.7. The highest BCUT2D eigenvalue weighted by atomic mass is 19.1. The van der Waals surface area contributed by atoms with Crippen LogP contribution >= 0.6 is 0 Å². The number of benzene rings is 2. The third-order valence-electron chi connectivity index (χ3n) is 3.33. The Bertz CT molecular complexity index is 754. The number of pyridine rings is 1. The molecule has 0 spiro atoms. The van der Waals surface area contributed by atoms with E-state index < -0.39 is 0 Å². The van der Waals surface area contributed by atoms with E-state index >= 15 is 0 Å². The summed E-state index contributed by atoms with van der Waals surface area (Å²) in [4.78, 5) is 4.00. The number of nitrogens with zero attached hydrogens (tertiary/aromatic N) is 1. The van der Waals surface area contributed by atoms with E-state index in [2.05, 4.69) is 16.4 Å². The number of aromatic nitrogens is 1. The van der Waals surface area contributed by atoms with Gasteiger partial charge in [-0.25, -0.2) is 4.39 Å². The molecular formula is C18H15FN2. The van der Waals surface area contributed by atoms with Gasteiger partial charge in [0.25, 0.3) is 0 Å². The van der Waals surface area contributed by atoms with Crippen LogP contribution in [0.3, 0.4) is 0 Å². The molecule has 0 amide bonds. The van der Waals surface area contributed by atoms with Gasteiger partial charge in [-0.2, -0.15) is 0 Å². The van der Waals surface area contributed by atoms with Crippen LogP contribution in [0.4, 0.5) is 15.8 Å². The third kappa shape index (κ3) is 3.08. The Morgan fingerprint density at radius 1 is 0.905 bits per heavy atom. The second-order valence-electron chi connectivity index (χ2n) is 4.90. The van der Waals surface area contributed by atoms with Gasteiger partial charge in [0.1, 0.15) is 5.82 Å². The van der Waals surface area contributed by atoms with Gasteiger partial charge in [0.15, 0.2) is 0 Å². The number of nitrogens with one attached hydrogen (secondary N) is 1. The Hall–Kier alpha value is -2.68. The molecule has 0 aliphatic rings. The molecule has 0 fully saturated rings. The maximum atomic E-state index is 13.2. The monoisotopic (exact) mass is 278 g/mol. The average Bonchev–Trinajstić information content (AvgIpc) is 2.48. The zero-order valence-electron chi connectivity index (χ0n) is 11.7. The normalized spacial score (nSPS) is 10.4. The van der Waals surface area contributed by atoms with Crippen molar-refractivity contribution >= 4 is 11.4 Å². The van der Waals surface area contributed by atoms with Crippen molar-refractivity contribution < 1.29 is 4.39 Å². The minimum atomic E-state index is -0.206. The zero-order chi connectivity index (χ0) is 14.7. The summed E-state index contributed by atoms with van der Waals surface area (Å²) in [6.07, 6.45) is 3.49. The second kappa shape index (κ2) is 5.75. The Kier molecular flexibility index (Phi) is 3.65. The number of halogens is 1. The fraction of sp³-hybridized carbons (Fsp3) is 0.0556. The standard InChI is InChI=1S/C18H15FN2/c1-13-11-15(19)5-6-18(13)14-3-2-4-17(12-14)21-16-7-9-20-10-8-16/h2-12H,1H3,(H,20,21). The Morgan fingerprint density at radius 3 is 2.48 bits per heavy atom. The summed E-state index contributed by atoms with van der Waals surface area (Å²) in [5.41, 5.74) is 5.00. The maximum absolute atomic E-state index is 13.2. The van der Waals surface area contributed by atoms with Crippen molar-refractivity contribution in [2.45, 2.75) is 6.92 Å². The smallest absolute Gasteiger partial charge is 0.123 e. The predicted octanol–water partition coefficient (Wildman–Crippen LogP) is 4.94. The lowest BCUT2D eigenvalue weighted by molar-refractivity contribution is 0.627. The first-order valence-electron chi connectivity index (χ1n) is 6.76. The molecule has 0 bridgehead atoms. The molecular weight excluding hydrogens is 263 g/mol. The minimum Gasteiger partial charge on any atom is -0.355 e. The lowest BCUT2D eigenvalue weighted by Crippen LogP contribution is -1.91. The highest BCUT2D eigenvalue weighted by molar-refractivity contribution is 5.72. The van der Waals surface area contributed by atoms with Crippen molar-refractivity contribution in [1.29, 1.82) is 0 Å². The summed E-state index contributed by atoms with van der Waals surface area (Å²) < 4.78 is 13.2. The molecule has 3 aromatic rings. The van der Waals surface area contributed by atoms with Crippen LogP contribution < -0.4 is 5.32 Å². The van der Waals surface area contributed by atoms with Crippen molar-refractivity contribution in [1.82, 2.24) is 4.98 Å². The van der Waals surface area contributed by atoms with Crippen molar-refractivity contribution in [2.75, 3.05) is 5.32 Å². The average molecular weight is 278 g/mol. The molecule has 1 aromatic heterocycles. The highest BCUT2D eigenvalue weighted by Crippen LogP contribution is 2.27. The van der Waals surface area contributed by atoms with E-state index in [0.717, 1.165) is 28.1 Å². The van der Waals surface area contributed by atoms with Crippen molar-refractivity contribution in [3.63, 3.8) is 0 Å². The topological polar surface area (TPSA) is 24.9 Å². The van der Waals surface area contributed by atoms with Crippen LogP contribution in [0, 0.1) is 12.7 Å². The Labute approximate surface area is 123 Å². The molecule has 21 heavy (non-hydrogen) atoms. The largest absolute Gasteiger partial charge is 0.355 e. The number of rotatable bonds is 3. The summed E-state index contributed by atoms with van der Waals surface area (Å²) >= 11 is 0. The molecule has 2 nitrogen and oxygen atoms in total. The fourth-order valence-electron chi connectivity index (χ4n) is 2.32. The Morgan fingerprint density at radius 2 is 1.71 bits per heavy atom. The lowest BCUT2D eigenvalue weighted by atomic mass is 10.00. The molecule has 0 saturated carbocycles. The number of hydrogen-bond acceptors (Lipinski definition) is 2. The predicted molar refractivity (Wildman–Crippen MR) is 84.1 cm³/mol. The van der Waals surface area contributed by atoms with E-state index in [1.165, 1.54) is 6.07 Å². The third-order valence-corrected chi connectivity index (χ3v) is 3.33. The van der Waals surface area contributed by atoms with Gasteiger partial charge in [-0.3, -0.25) is 4.98 Å². The quantitative estimate of drug-likeness (QED) is 0.734. The van der Waals surface area contributed by atoms with Crippen LogP contribution in [0.5, 0.6) is 0 Å². The van der Waals surface area contributed by atoms with Crippen molar-refractivity contribution in [2.24, 2.45) is 0 Å². The second-order valence-corrected chi connectivity index (χ2v) is 4.90. The van der Waals surface area contributed by atoms with Gasteiger partial charge in [-0.15, -0.1) is 0 Å². The molecule has 3 heteroatoms.